The molecule has 0 unspecified atom stereocenters. The number of nitrogens with zero attached hydrogens (tertiary/aromatic N) is 2. The minimum Gasteiger partial charge on any atom is -0.292 e. The van der Waals surface area contributed by atoms with E-state index in [0.29, 0.717) is 0 Å². The van der Waals surface area contributed by atoms with Crippen LogP contribution in [-0.2, 0) is 7.05 Å². The molecule has 0 aliphatic heterocycles. The standard InChI is InChI=1S/C16H14N4O2/c1-20-15(21)9-14(18-16(20)22)19-17-10-12-7-4-6-11-5-2-3-8-13(11)12/h2-10,19H,1H3,(H,18,22). The predicted molar refractivity (Wildman–Crippen MR) is 87.5 cm³/mol. The van der Waals surface area contributed by atoms with Gasteiger partial charge >= 0.3 is 5.69 Å². The zero-order valence-corrected chi connectivity index (χ0v) is 11.9. The van der Waals surface area contributed by atoms with Crippen LogP contribution in [0.5, 0.6) is 0 Å². The molecule has 22 heavy (non-hydrogen) atoms. The van der Waals surface area contributed by atoms with E-state index in [2.05, 4.69) is 15.5 Å². The van der Waals surface area contributed by atoms with Crippen molar-refractivity contribution in [2.75, 3.05) is 5.43 Å². The number of aromatic amines is 1. The van der Waals surface area contributed by atoms with Gasteiger partial charge in [0.1, 0.15) is 5.82 Å². The van der Waals surface area contributed by atoms with Gasteiger partial charge in [-0.1, -0.05) is 42.5 Å². The van der Waals surface area contributed by atoms with E-state index < -0.39 is 11.2 Å². The lowest BCUT2D eigenvalue weighted by atomic mass is 10.1. The molecule has 0 saturated heterocycles. The number of hydrogen-bond donors (Lipinski definition) is 2. The molecule has 3 rings (SSSR count). The van der Waals surface area contributed by atoms with Crippen molar-refractivity contribution in [2.24, 2.45) is 12.1 Å². The molecule has 1 aromatic heterocycles. The van der Waals surface area contributed by atoms with E-state index in [0.717, 1.165) is 20.9 Å². The van der Waals surface area contributed by atoms with Crippen LogP contribution in [0.1, 0.15) is 5.56 Å². The van der Waals surface area contributed by atoms with Crippen molar-refractivity contribution in [1.29, 1.82) is 0 Å². The number of aromatic nitrogens is 2. The van der Waals surface area contributed by atoms with Gasteiger partial charge in [-0.3, -0.25) is 19.8 Å². The molecule has 2 N–H and O–H groups in total. The second-order valence-electron chi connectivity index (χ2n) is 4.82. The van der Waals surface area contributed by atoms with Gasteiger partial charge in [0.05, 0.1) is 6.21 Å². The smallest absolute Gasteiger partial charge is 0.292 e. The van der Waals surface area contributed by atoms with E-state index in [1.165, 1.54) is 13.1 Å². The van der Waals surface area contributed by atoms with Crippen molar-refractivity contribution >= 4 is 22.8 Å². The molecular formula is C16H14N4O2. The Kier molecular flexibility index (Phi) is 3.57. The van der Waals surface area contributed by atoms with Crippen LogP contribution in [0.4, 0.5) is 5.82 Å². The molecular weight excluding hydrogens is 280 g/mol. The maximum Gasteiger partial charge on any atom is 0.329 e. The highest BCUT2D eigenvalue weighted by atomic mass is 16.2. The third-order valence-corrected chi connectivity index (χ3v) is 3.36. The topological polar surface area (TPSA) is 79.2 Å². The first kappa shape index (κ1) is 13.8. The summed E-state index contributed by atoms with van der Waals surface area (Å²) in [6.07, 6.45) is 1.65. The summed E-state index contributed by atoms with van der Waals surface area (Å²) in [5, 5.41) is 6.28. The SMILES string of the molecule is Cn1c(=O)cc(NN=Cc2cccc3ccccc23)[nH]c1=O. The average molecular weight is 294 g/mol. The lowest BCUT2D eigenvalue weighted by molar-refractivity contribution is 0.777. The van der Waals surface area contributed by atoms with Gasteiger partial charge < -0.3 is 0 Å². The van der Waals surface area contributed by atoms with Crippen LogP contribution in [0, 0.1) is 0 Å². The predicted octanol–water partition coefficient (Wildman–Crippen LogP) is 1.67. The van der Waals surface area contributed by atoms with Gasteiger partial charge in [0, 0.05) is 18.7 Å². The summed E-state index contributed by atoms with van der Waals surface area (Å²) < 4.78 is 0.986. The summed E-state index contributed by atoms with van der Waals surface area (Å²) in [4.78, 5) is 25.5. The van der Waals surface area contributed by atoms with Crippen molar-refractivity contribution in [2.45, 2.75) is 0 Å². The molecule has 0 radical (unpaired) electrons. The molecule has 0 saturated carbocycles. The fraction of sp³-hybridized carbons (Fsp3) is 0.0625. The van der Waals surface area contributed by atoms with Crippen molar-refractivity contribution in [1.82, 2.24) is 9.55 Å². The summed E-state index contributed by atoms with van der Waals surface area (Å²) in [7, 11) is 1.41. The number of anilines is 1. The monoisotopic (exact) mass is 294 g/mol. The van der Waals surface area contributed by atoms with E-state index in [1.54, 1.807) is 6.21 Å². The van der Waals surface area contributed by atoms with E-state index in [4.69, 9.17) is 0 Å². The highest BCUT2D eigenvalue weighted by molar-refractivity contribution is 5.99. The zero-order valence-electron chi connectivity index (χ0n) is 11.9. The molecule has 6 nitrogen and oxygen atoms in total. The van der Waals surface area contributed by atoms with Gasteiger partial charge in [-0.05, 0) is 10.8 Å². The first-order valence-corrected chi connectivity index (χ1v) is 6.72. The number of rotatable bonds is 3. The fourth-order valence-corrected chi connectivity index (χ4v) is 2.15. The molecule has 0 amide bonds. The van der Waals surface area contributed by atoms with Gasteiger partial charge in [0.25, 0.3) is 5.56 Å². The van der Waals surface area contributed by atoms with Crippen LogP contribution in [-0.4, -0.2) is 15.8 Å². The highest BCUT2D eigenvalue weighted by Gasteiger charge is 1.99. The van der Waals surface area contributed by atoms with E-state index in [1.807, 2.05) is 42.5 Å². The summed E-state index contributed by atoms with van der Waals surface area (Å²) in [6, 6.07) is 15.2. The number of hydrazone groups is 1. The number of benzene rings is 2. The molecule has 1 heterocycles. The van der Waals surface area contributed by atoms with Crippen molar-refractivity contribution in [3.05, 3.63) is 74.9 Å². The third-order valence-electron chi connectivity index (χ3n) is 3.36. The maximum atomic E-state index is 11.5. The maximum absolute atomic E-state index is 11.5. The lowest BCUT2D eigenvalue weighted by Gasteiger charge is -2.03. The van der Waals surface area contributed by atoms with Crippen LogP contribution < -0.4 is 16.7 Å². The van der Waals surface area contributed by atoms with Crippen molar-refractivity contribution in [3.63, 3.8) is 0 Å². The Morgan fingerprint density at radius 2 is 1.91 bits per heavy atom. The van der Waals surface area contributed by atoms with E-state index >= 15 is 0 Å². The largest absolute Gasteiger partial charge is 0.329 e. The molecule has 0 fully saturated rings. The Balaban J connectivity index is 1.88. The van der Waals surface area contributed by atoms with E-state index in [-0.39, 0.29) is 5.82 Å². The van der Waals surface area contributed by atoms with Gasteiger partial charge in [-0.2, -0.15) is 5.10 Å². The molecule has 110 valence electrons. The summed E-state index contributed by atoms with van der Waals surface area (Å²) in [6.45, 7) is 0. The molecule has 0 spiro atoms. The first-order chi connectivity index (χ1) is 10.6. The van der Waals surface area contributed by atoms with Crippen LogP contribution in [0.3, 0.4) is 0 Å². The third kappa shape index (κ3) is 2.67. The summed E-state index contributed by atoms with van der Waals surface area (Å²) in [5.41, 5.74) is 2.72. The Morgan fingerprint density at radius 3 is 2.73 bits per heavy atom. The quantitative estimate of drug-likeness (QED) is 0.569. The molecule has 6 heteroatoms. The Bertz CT molecular complexity index is 933. The first-order valence-electron chi connectivity index (χ1n) is 6.72. The lowest BCUT2D eigenvalue weighted by Crippen LogP contribution is -2.32. The average Bonchev–Trinajstić information content (AvgIpc) is 2.53. The van der Waals surface area contributed by atoms with Crippen molar-refractivity contribution < 1.29 is 0 Å². The van der Waals surface area contributed by atoms with Gasteiger partial charge in [-0.25, -0.2) is 4.79 Å². The summed E-state index contributed by atoms with van der Waals surface area (Å²) in [5.74, 6) is 0.254. The highest BCUT2D eigenvalue weighted by Crippen LogP contribution is 2.16. The minimum atomic E-state index is -0.490. The van der Waals surface area contributed by atoms with E-state index in [9.17, 15) is 9.59 Å². The molecule has 0 atom stereocenters. The number of hydrogen-bond acceptors (Lipinski definition) is 4. The number of H-pyrrole nitrogens is 1. The summed E-state index contributed by atoms with van der Waals surface area (Å²) >= 11 is 0. The van der Waals surface area contributed by atoms with Crippen molar-refractivity contribution in [3.8, 4) is 0 Å². The Morgan fingerprint density at radius 1 is 1.14 bits per heavy atom. The van der Waals surface area contributed by atoms with Crippen LogP contribution in [0.2, 0.25) is 0 Å². The van der Waals surface area contributed by atoms with Gasteiger partial charge in [0.15, 0.2) is 0 Å². The van der Waals surface area contributed by atoms with Gasteiger partial charge in [0.2, 0.25) is 0 Å². The van der Waals surface area contributed by atoms with Crippen LogP contribution in [0.25, 0.3) is 10.8 Å². The second kappa shape index (κ2) is 5.69. The van der Waals surface area contributed by atoms with Crippen LogP contribution in [0.15, 0.2) is 63.2 Å². The second-order valence-corrected chi connectivity index (χ2v) is 4.82. The molecule has 0 bridgehead atoms. The number of fused-ring (bicyclic) bond motifs is 1. The zero-order chi connectivity index (χ0) is 15.5. The molecule has 2 aromatic carbocycles. The Labute approximate surface area is 125 Å². The van der Waals surface area contributed by atoms with Gasteiger partial charge in [-0.15, -0.1) is 0 Å². The normalized spacial score (nSPS) is 11.1. The molecule has 0 aliphatic carbocycles. The van der Waals surface area contributed by atoms with Crippen LogP contribution >= 0.6 is 0 Å². The molecule has 3 aromatic rings. The molecule has 0 aliphatic rings. The number of nitrogens with one attached hydrogen (secondary N) is 2. The Hall–Kier alpha value is -3.15. The minimum absolute atomic E-state index is 0.254. The fourth-order valence-electron chi connectivity index (χ4n) is 2.15.